The monoisotopic (exact) mass is 324 g/mol. The summed E-state index contributed by atoms with van der Waals surface area (Å²) in [5.41, 5.74) is 0.705. The van der Waals surface area contributed by atoms with E-state index in [0.29, 0.717) is 5.69 Å². The van der Waals surface area contributed by atoms with Crippen molar-refractivity contribution in [2.75, 3.05) is 6.54 Å². The van der Waals surface area contributed by atoms with E-state index in [2.05, 4.69) is 11.9 Å². The highest BCUT2D eigenvalue weighted by Crippen LogP contribution is 2.21. The molecule has 2 heterocycles. The molecule has 1 amide bonds. The summed E-state index contributed by atoms with van der Waals surface area (Å²) in [6.45, 7) is 6.42. The first kappa shape index (κ1) is 16.9. The van der Waals surface area contributed by atoms with Gasteiger partial charge in [0.2, 0.25) is 0 Å². The molecule has 0 aromatic carbocycles. The Morgan fingerprint density at radius 1 is 1.50 bits per heavy atom. The lowest BCUT2D eigenvalue weighted by atomic mass is 9.99. The second-order valence-electron chi connectivity index (χ2n) is 5.76. The molecule has 122 valence electrons. The van der Waals surface area contributed by atoms with Crippen LogP contribution < -0.4 is 0 Å². The molecule has 1 aromatic heterocycles. The standard InChI is InChI=1S/C16H24N2O3S/c1-4-14-7-5-6-8-18(14)16(20)11(2)21-15(19)9-13-10-22-12(3)17-13/h10-11,14H,4-9H2,1-3H3. The van der Waals surface area contributed by atoms with Crippen LogP contribution in [0.4, 0.5) is 0 Å². The van der Waals surface area contributed by atoms with Gasteiger partial charge in [-0.05, 0) is 39.5 Å². The van der Waals surface area contributed by atoms with Crippen LogP contribution in [0.5, 0.6) is 0 Å². The van der Waals surface area contributed by atoms with E-state index >= 15 is 0 Å². The number of carbonyl (C=O) groups is 2. The zero-order valence-corrected chi connectivity index (χ0v) is 14.3. The summed E-state index contributed by atoms with van der Waals surface area (Å²) in [5.74, 6) is -0.467. The number of esters is 1. The van der Waals surface area contributed by atoms with Crippen molar-refractivity contribution in [3.05, 3.63) is 16.1 Å². The van der Waals surface area contributed by atoms with Crippen molar-refractivity contribution in [2.24, 2.45) is 0 Å². The van der Waals surface area contributed by atoms with Crippen LogP contribution in [0, 0.1) is 6.92 Å². The Balaban J connectivity index is 1.88. The van der Waals surface area contributed by atoms with Gasteiger partial charge in [0.1, 0.15) is 0 Å². The van der Waals surface area contributed by atoms with Gasteiger partial charge in [-0.15, -0.1) is 11.3 Å². The van der Waals surface area contributed by atoms with Crippen molar-refractivity contribution < 1.29 is 14.3 Å². The summed E-state index contributed by atoms with van der Waals surface area (Å²) in [6, 6.07) is 0.281. The van der Waals surface area contributed by atoms with Gasteiger partial charge in [0.05, 0.1) is 17.1 Å². The molecule has 0 saturated carbocycles. The van der Waals surface area contributed by atoms with Gasteiger partial charge in [0.25, 0.3) is 5.91 Å². The lowest BCUT2D eigenvalue weighted by Crippen LogP contribution is -2.48. The molecule has 1 fully saturated rings. The van der Waals surface area contributed by atoms with Crippen molar-refractivity contribution in [2.45, 2.75) is 65.0 Å². The van der Waals surface area contributed by atoms with Crippen LogP contribution in [-0.4, -0.2) is 40.5 Å². The first-order valence-electron chi connectivity index (χ1n) is 7.92. The number of aromatic nitrogens is 1. The Morgan fingerprint density at radius 2 is 2.27 bits per heavy atom. The molecule has 1 aliphatic heterocycles. The molecule has 1 aromatic rings. The summed E-state index contributed by atoms with van der Waals surface area (Å²) < 4.78 is 5.31. The lowest BCUT2D eigenvalue weighted by Gasteiger charge is -2.36. The van der Waals surface area contributed by atoms with E-state index in [1.54, 1.807) is 6.92 Å². The molecule has 1 saturated heterocycles. The maximum atomic E-state index is 12.5. The minimum Gasteiger partial charge on any atom is -0.452 e. The molecular formula is C16H24N2O3S. The van der Waals surface area contributed by atoms with Gasteiger partial charge >= 0.3 is 5.97 Å². The summed E-state index contributed by atoms with van der Waals surface area (Å²) in [6.07, 6.45) is 3.59. The van der Waals surface area contributed by atoms with E-state index in [1.807, 2.05) is 17.2 Å². The zero-order valence-electron chi connectivity index (χ0n) is 13.5. The second kappa shape index (κ2) is 7.72. The van der Waals surface area contributed by atoms with Crippen molar-refractivity contribution in [1.82, 2.24) is 9.88 Å². The number of likely N-dealkylation sites (tertiary alicyclic amines) is 1. The predicted octanol–water partition coefficient (Wildman–Crippen LogP) is 2.72. The van der Waals surface area contributed by atoms with Crippen LogP contribution in [0.3, 0.4) is 0 Å². The number of hydrogen-bond donors (Lipinski definition) is 0. The molecule has 0 N–H and O–H groups in total. The molecule has 2 unspecified atom stereocenters. The van der Waals surface area contributed by atoms with Crippen LogP contribution in [0.25, 0.3) is 0 Å². The van der Waals surface area contributed by atoms with E-state index in [-0.39, 0.29) is 18.4 Å². The largest absolute Gasteiger partial charge is 0.452 e. The maximum absolute atomic E-state index is 12.5. The average molecular weight is 324 g/mol. The van der Waals surface area contributed by atoms with Crippen molar-refractivity contribution in [1.29, 1.82) is 0 Å². The highest BCUT2D eigenvalue weighted by atomic mass is 32.1. The van der Waals surface area contributed by atoms with Gasteiger partial charge < -0.3 is 9.64 Å². The highest BCUT2D eigenvalue weighted by molar-refractivity contribution is 7.09. The molecule has 0 bridgehead atoms. The number of hydrogen-bond acceptors (Lipinski definition) is 5. The third-order valence-electron chi connectivity index (χ3n) is 4.03. The van der Waals surface area contributed by atoms with Crippen LogP contribution in [0.2, 0.25) is 0 Å². The Labute approximate surface area is 135 Å². The minimum atomic E-state index is -0.723. The second-order valence-corrected chi connectivity index (χ2v) is 6.82. The van der Waals surface area contributed by atoms with Crippen molar-refractivity contribution >= 4 is 23.2 Å². The summed E-state index contributed by atoms with van der Waals surface area (Å²) in [7, 11) is 0. The number of nitrogens with zero attached hydrogens (tertiary/aromatic N) is 2. The smallest absolute Gasteiger partial charge is 0.312 e. The number of piperidine rings is 1. The topological polar surface area (TPSA) is 59.5 Å². The zero-order chi connectivity index (χ0) is 16.1. The van der Waals surface area contributed by atoms with Gasteiger partial charge in [-0.3, -0.25) is 9.59 Å². The number of amides is 1. The van der Waals surface area contributed by atoms with Crippen LogP contribution in [0.1, 0.15) is 50.2 Å². The van der Waals surface area contributed by atoms with Crippen LogP contribution in [-0.2, 0) is 20.7 Å². The fraction of sp³-hybridized carbons (Fsp3) is 0.688. The van der Waals surface area contributed by atoms with E-state index < -0.39 is 12.1 Å². The molecule has 0 spiro atoms. The molecular weight excluding hydrogens is 300 g/mol. The number of thiazole rings is 1. The van der Waals surface area contributed by atoms with Gasteiger partial charge in [-0.2, -0.15) is 0 Å². The SMILES string of the molecule is CCC1CCCCN1C(=O)C(C)OC(=O)Cc1csc(C)n1. The molecule has 0 radical (unpaired) electrons. The summed E-state index contributed by atoms with van der Waals surface area (Å²) >= 11 is 1.50. The van der Waals surface area contributed by atoms with Crippen molar-refractivity contribution in [3.8, 4) is 0 Å². The van der Waals surface area contributed by atoms with Crippen LogP contribution in [0.15, 0.2) is 5.38 Å². The van der Waals surface area contributed by atoms with E-state index in [0.717, 1.165) is 30.8 Å². The molecule has 0 aliphatic carbocycles. The molecule has 2 rings (SSSR count). The van der Waals surface area contributed by atoms with Gasteiger partial charge in [-0.25, -0.2) is 4.98 Å². The Kier molecular flexibility index (Phi) is 5.94. The maximum Gasteiger partial charge on any atom is 0.312 e. The summed E-state index contributed by atoms with van der Waals surface area (Å²) in [4.78, 5) is 30.6. The van der Waals surface area contributed by atoms with Crippen LogP contribution >= 0.6 is 11.3 Å². The minimum absolute atomic E-state index is 0.0747. The first-order valence-corrected chi connectivity index (χ1v) is 8.80. The Morgan fingerprint density at radius 3 is 2.91 bits per heavy atom. The summed E-state index contributed by atoms with van der Waals surface area (Å²) in [5, 5.41) is 2.77. The van der Waals surface area contributed by atoms with E-state index in [1.165, 1.54) is 17.8 Å². The Bertz CT molecular complexity index is 529. The number of ether oxygens (including phenoxy) is 1. The molecule has 22 heavy (non-hydrogen) atoms. The van der Waals surface area contributed by atoms with Gasteiger partial charge in [0, 0.05) is 18.0 Å². The third-order valence-corrected chi connectivity index (χ3v) is 4.85. The molecule has 2 atom stereocenters. The highest BCUT2D eigenvalue weighted by Gasteiger charge is 2.30. The van der Waals surface area contributed by atoms with E-state index in [4.69, 9.17) is 4.74 Å². The number of rotatable bonds is 5. The van der Waals surface area contributed by atoms with E-state index in [9.17, 15) is 9.59 Å². The fourth-order valence-corrected chi connectivity index (χ4v) is 3.49. The lowest BCUT2D eigenvalue weighted by molar-refractivity contribution is -0.160. The predicted molar refractivity (Wildman–Crippen MR) is 85.8 cm³/mol. The quantitative estimate of drug-likeness (QED) is 0.781. The van der Waals surface area contributed by atoms with Gasteiger partial charge in [0.15, 0.2) is 6.10 Å². The normalized spacial score (nSPS) is 19.8. The van der Waals surface area contributed by atoms with Crippen molar-refractivity contribution in [3.63, 3.8) is 0 Å². The Hall–Kier alpha value is -1.43. The first-order chi connectivity index (χ1) is 10.5. The third kappa shape index (κ3) is 4.29. The molecule has 1 aliphatic rings. The number of carbonyl (C=O) groups excluding carboxylic acids is 2. The van der Waals surface area contributed by atoms with Gasteiger partial charge in [-0.1, -0.05) is 6.92 Å². The number of aryl methyl sites for hydroxylation is 1. The molecule has 5 nitrogen and oxygen atoms in total. The fourth-order valence-electron chi connectivity index (χ4n) is 2.88. The average Bonchev–Trinajstić information content (AvgIpc) is 2.91. The molecule has 6 heteroatoms.